The maximum atomic E-state index is 10.9. The summed E-state index contributed by atoms with van der Waals surface area (Å²) in [7, 11) is 0. The Bertz CT molecular complexity index is 185. The Kier molecular flexibility index (Phi) is 6.34. The van der Waals surface area contributed by atoms with Crippen LogP contribution in [0.25, 0.3) is 0 Å². The van der Waals surface area contributed by atoms with Gasteiger partial charge < -0.3 is 16.4 Å². The number of carbonyl (C=O) groups is 2. The van der Waals surface area contributed by atoms with Gasteiger partial charge >= 0.3 is 0 Å². The first-order chi connectivity index (χ1) is 6.07. The zero-order valence-corrected chi connectivity index (χ0v) is 8.43. The highest BCUT2D eigenvalue weighted by molar-refractivity contribution is 7.81. The molecule has 5 nitrogen and oxygen atoms in total. The van der Waals surface area contributed by atoms with Crippen LogP contribution in [-0.4, -0.2) is 36.7 Å². The van der Waals surface area contributed by atoms with E-state index in [1.54, 1.807) is 6.92 Å². The molecule has 0 radical (unpaired) electrons. The second-order valence-corrected chi connectivity index (χ2v) is 3.31. The zero-order valence-electron chi connectivity index (χ0n) is 7.54. The van der Waals surface area contributed by atoms with E-state index in [9.17, 15) is 9.59 Å². The molecule has 2 amide bonds. The van der Waals surface area contributed by atoms with Crippen molar-refractivity contribution in [1.82, 2.24) is 10.6 Å². The van der Waals surface area contributed by atoms with Crippen molar-refractivity contribution < 1.29 is 9.59 Å². The Morgan fingerprint density at radius 3 is 2.54 bits per heavy atom. The number of amides is 2. The van der Waals surface area contributed by atoms with Gasteiger partial charge in [0.25, 0.3) is 0 Å². The van der Waals surface area contributed by atoms with Crippen LogP contribution in [-0.2, 0) is 9.59 Å². The van der Waals surface area contributed by atoms with E-state index in [1.807, 2.05) is 0 Å². The summed E-state index contributed by atoms with van der Waals surface area (Å²) in [6, 6.07) is 0. The van der Waals surface area contributed by atoms with Crippen LogP contribution in [0.5, 0.6) is 0 Å². The smallest absolute Gasteiger partial charge is 0.239 e. The molecule has 76 valence electrons. The van der Waals surface area contributed by atoms with E-state index in [1.165, 1.54) is 0 Å². The molecule has 0 saturated carbocycles. The molecule has 1 atom stereocenters. The van der Waals surface area contributed by atoms with Gasteiger partial charge in [0.1, 0.15) is 0 Å². The Hall–Kier alpha value is -0.750. The number of thiol groups is 1. The van der Waals surface area contributed by atoms with Gasteiger partial charge in [-0.25, -0.2) is 0 Å². The minimum atomic E-state index is -0.401. The molecular weight excluding hydrogens is 190 g/mol. The molecule has 0 heterocycles. The van der Waals surface area contributed by atoms with Crippen LogP contribution in [0.3, 0.4) is 0 Å². The predicted octanol–water partition coefficient (Wildman–Crippen LogP) is -1.50. The lowest BCUT2D eigenvalue weighted by Gasteiger charge is -2.06. The number of rotatable bonds is 5. The van der Waals surface area contributed by atoms with Crippen molar-refractivity contribution in [2.45, 2.75) is 12.2 Å². The van der Waals surface area contributed by atoms with E-state index in [4.69, 9.17) is 5.73 Å². The average Bonchev–Trinajstić information content (AvgIpc) is 2.10. The van der Waals surface area contributed by atoms with Crippen LogP contribution in [0.4, 0.5) is 0 Å². The fraction of sp³-hybridized carbons (Fsp3) is 0.714. The van der Waals surface area contributed by atoms with Crippen molar-refractivity contribution in [2.75, 3.05) is 19.6 Å². The molecule has 0 aliphatic rings. The summed E-state index contributed by atoms with van der Waals surface area (Å²) < 4.78 is 0. The van der Waals surface area contributed by atoms with Gasteiger partial charge in [-0.15, -0.1) is 0 Å². The molecule has 4 N–H and O–H groups in total. The number of nitrogens with two attached hydrogens (primary N) is 1. The van der Waals surface area contributed by atoms with Gasteiger partial charge in [-0.2, -0.15) is 12.6 Å². The highest BCUT2D eigenvalue weighted by Gasteiger charge is 2.08. The molecule has 13 heavy (non-hydrogen) atoms. The van der Waals surface area contributed by atoms with Crippen LogP contribution >= 0.6 is 12.6 Å². The van der Waals surface area contributed by atoms with Gasteiger partial charge in [-0.1, -0.05) is 0 Å². The zero-order chi connectivity index (χ0) is 10.3. The van der Waals surface area contributed by atoms with Crippen molar-refractivity contribution >= 4 is 24.4 Å². The Labute approximate surface area is 82.8 Å². The Morgan fingerprint density at radius 2 is 2.08 bits per heavy atom. The van der Waals surface area contributed by atoms with Gasteiger partial charge in [0, 0.05) is 13.1 Å². The van der Waals surface area contributed by atoms with Crippen LogP contribution in [0.15, 0.2) is 0 Å². The normalized spacial score (nSPS) is 11.9. The van der Waals surface area contributed by atoms with Crippen molar-refractivity contribution in [3.8, 4) is 0 Å². The molecule has 0 fully saturated rings. The average molecular weight is 205 g/mol. The lowest BCUT2D eigenvalue weighted by Crippen LogP contribution is -2.40. The van der Waals surface area contributed by atoms with Crippen LogP contribution in [0.2, 0.25) is 0 Å². The third-order valence-corrected chi connectivity index (χ3v) is 1.50. The number of nitrogens with one attached hydrogen (secondary N) is 2. The second kappa shape index (κ2) is 6.73. The molecule has 0 aromatic rings. The van der Waals surface area contributed by atoms with E-state index in [0.29, 0.717) is 13.1 Å². The molecule has 0 aliphatic heterocycles. The molecule has 0 bridgehead atoms. The summed E-state index contributed by atoms with van der Waals surface area (Å²) in [6.45, 7) is 2.42. The molecular formula is C7H15N3O2S. The van der Waals surface area contributed by atoms with Crippen LogP contribution in [0.1, 0.15) is 6.92 Å². The number of carbonyl (C=O) groups excluding carboxylic acids is 2. The molecule has 6 heteroatoms. The summed E-state index contributed by atoms with van der Waals surface area (Å²) in [5.41, 5.74) is 5.17. The van der Waals surface area contributed by atoms with E-state index < -0.39 is 5.25 Å². The fourth-order valence-corrected chi connectivity index (χ4v) is 0.680. The third kappa shape index (κ3) is 6.41. The maximum Gasteiger partial charge on any atom is 0.239 e. The van der Waals surface area contributed by atoms with Gasteiger partial charge in [0.05, 0.1) is 11.8 Å². The largest absolute Gasteiger partial charge is 0.353 e. The first-order valence-electron chi connectivity index (χ1n) is 4.00. The van der Waals surface area contributed by atoms with E-state index in [0.717, 1.165) is 0 Å². The first-order valence-corrected chi connectivity index (χ1v) is 4.52. The minimum Gasteiger partial charge on any atom is -0.353 e. The third-order valence-electron chi connectivity index (χ3n) is 1.27. The summed E-state index contributed by atoms with van der Waals surface area (Å²) in [4.78, 5) is 21.9. The molecule has 0 rings (SSSR count). The first kappa shape index (κ1) is 12.2. The summed E-state index contributed by atoms with van der Waals surface area (Å²) >= 11 is 3.90. The molecule has 0 saturated heterocycles. The standard InChI is InChI=1S/C7H15N3O2S/c1-5(13)7(12)10-4-6(11)9-3-2-8/h5,13H,2-4,8H2,1H3,(H,9,11)(H,10,12). The lowest BCUT2D eigenvalue weighted by molar-refractivity contribution is -0.125. The van der Waals surface area contributed by atoms with E-state index in [2.05, 4.69) is 23.3 Å². The molecule has 0 aromatic heterocycles. The molecule has 0 spiro atoms. The predicted molar refractivity (Wildman–Crippen MR) is 53.5 cm³/mol. The van der Waals surface area contributed by atoms with E-state index in [-0.39, 0.29) is 18.4 Å². The highest BCUT2D eigenvalue weighted by atomic mass is 32.1. The van der Waals surface area contributed by atoms with Crippen molar-refractivity contribution in [3.63, 3.8) is 0 Å². The van der Waals surface area contributed by atoms with Gasteiger partial charge in [0.2, 0.25) is 11.8 Å². The Morgan fingerprint density at radius 1 is 1.46 bits per heavy atom. The summed E-state index contributed by atoms with van der Waals surface area (Å²) in [5, 5.41) is 4.54. The monoisotopic (exact) mass is 205 g/mol. The van der Waals surface area contributed by atoms with Crippen LogP contribution < -0.4 is 16.4 Å². The fourth-order valence-electron chi connectivity index (χ4n) is 0.589. The number of hydrogen-bond acceptors (Lipinski definition) is 4. The molecule has 1 unspecified atom stereocenters. The Balaban J connectivity index is 3.52. The summed E-state index contributed by atoms with van der Waals surface area (Å²) in [6.07, 6.45) is 0. The maximum absolute atomic E-state index is 10.9. The number of hydrogen-bond donors (Lipinski definition) is 4. The minimum absolute atomic E-state index is 0.0241. The topological polar surface area (TPSA) is 84.2 Å². The van der Waals surface area contributed by atoms with Crippen molar-refractivity contribution in [1.29, 1.82) is 0 Å². The van der Waals surface area contributed by atoms with Gasteiger partial charge in [-0.05, 0) is 6.92 Å². The second-order valence-electron chi connectivity index (χ2n) is 2.53. The lowest BCUT2D eigenvalue weighted by atomic mass is 10.4. The molecule has 0 aromatic carbocycles. The highest BCUT2D eigenvalue weighted by Crippen LogP contribution is 1.89. The summed E-state index contributed by atoms with van der Waals surface area (Å²) in [5.74, 6) is -0.501. The van der Waals surface area contributed by atoms with Crippen LogP contribution in [0, 0.1) is 0 Å². The van der Waals surface area contributed by atoms with Gasteiger partial charge in [-0.3, -0.25) is 9.59 Å². The van der Waals surface area contributed by atoms with Crippen molar-refractivity contribution in [2.24, 2.45) is 5.73 Å². The molecule has 0 aliphatic carbocycles. The SMILES string of the molecule is CC(S)C(=O)NCC(=O)NCCN. The van der Waals surface area contributed by atoms with Crippen molar-refractivity contribution in [3.05, 3.63) is 0 Å². The van der Waals surface area contributed by atoms with E-state index >= 15 is 0 Å². The quantitative estimate of drug-likeness (QED) is 0.412. The van der Waals surface area contributed by atoms with Gasteiger partial charge in [0.15, 0.2) is 0 Å².